The molecule has 1 aromatic carbocycles. The Morgan fingerprint density at radius 2 is 1.69 bits per heavy atom. The van der Waals surface area contributed by atoms with Crippen LogP contribution in [0.15, 0.2) is 30.3 Å². The Labute approximate surface area is 156 Å². The lowest BCUT2D eigenvalue weighted by atomic mass is 10.1. The molecule has 6 nitrogen and oxygen atoms in total. The molecule has 0 saturated carbocycles. The lowest BCUT2D eigenvalue weighted by molar-refractivity contribution is -0.122. The molecule has 1 unspecified atom stereocenters. The molecule has 145 valence electrons. The second-order valence-electron chi connectivity index (χ2n) is 6.39. The van der Waals surface area contributed by atoms with E-state index in [1.54, 1.807) is 0 Å². The van der Waals surface area contributed by atoms with Crippen LogP contribution in [0, 0.1) is 0 Å². The minimum Gasteiger partial charge on any atom is -0.445 e. The van der Waals surface area contributed by atoms with Crippen LogP contribution in [0.4, 0.5) is 4.79 Å². The van der Waals surface area contributed by atoms with Crippen molar-refractivity contribution in [3.05, 3.63) is 35.9 Å². The van der Waals surface area contributed by atoms with E-state index in [1.165, 1.54) is 12.8 Å². The number of carbonyl (C=O) groups is 2. The van der Waals surface area contributed by atoms with Gasteiger partial charge in [-0.2, -0.15) is 0 Å². The van der Waals surface area contributed by atoms with Gasteiger partial charge in [-0.3, -0.25) is 4.79 Å². The predicted octanol–water partition coefficient (Wildman–Crippen LogP) is 3.43. The third-order valence-electron chi connectivity index (χ3n) is 4.05. The normalized spacial score (nSPS) is 11.6. The second kappa shape index (κ2) is 14.1. The summed E-state index contributed by atoms with van der Waals surface area (Å²) < 4.78 is 5.11. The number of benzene rings is 1. The summed E-state index contributed by atoms with van der Waals surface area (Å²) in [6.45, 7) is 3.54. The molecule has 0 aliphatic rings. The first-order chi connectivity index (χ1) is 12.6. The van der Waals surface area contributed by atoms with E-state index >= 15 is 0 Å². The Balaban J connectivity index is 1.99. The molecule has 2 amide bonds. The molecule has 1 aromatic rings. The lowest BCUT2D eigenvalue weighted by Crippen LogP contribution is -2.36. The van der Waals surface area contributed by atoms with E-state index in [1.807, 2.05) is 30.3 Å². The average molecular weight is 362 g/mol. The van der Waals surface area contributed by atoms with Gasteiger partial charge in [0, 0.05) is 13.1 Å². The van der Waals surface area contributed by atoms with E-state index < -0.39 is 12.1 Å². The quantitative estimate of drug-likeness (QED) is 0.527. The van der Waals surface area contributed by atoms with Gasteiger partial charge in [-0.15, -0.1) is 0 Å². The number of ether oxygens (including phenoxy) is 1. The van der Waals surface area contributed by atoms with E-state index in [2.05, 4.69) is 17.6 Å². The maximum atomic E-state index is 11.8. The Kier molecular flexibility index (Phi) is 11.9. The highest BCUT2D eigenvalue weighted by molar-refractivity contribution is 5.81. The van der Waals surface area contributed by atoms with Gasteiger partial charge in [-0.25, -0.2) is 10.5 Å². The summed E-state index contributed by atoms with van der Waals surface area (Å²) in [6.07, 6.45) is 5.94. The molecule has 0 heterocycles. The number of hydrogen-bond donors (Lipinski definition) is 2. The maximum absolute atomic E-state index is 11.8. The Morgan fingerprint density at radius 1 is 1.00 bits per heavy atom. The van der Waals surface area contributed by atoms with Gasteiger partial charge in [0.2, 0.25) is 5.91 Å². The van der Waals surface area contributed by atoms with E-state index in [-0.39, 0.29) is 12.5 Å². The van der Waals surface area contributed by atoms with Crippen molar-refractivity contribution < 1.29 is 14.3 Å². The highest BCUT2D eigenvalue weighted by Gasteiger charge is 2.13. The van der Waals surface area contributed by atoms with Crippen LogP contribution in [0.3, 0.4) is 0 Å². The number of unbranched alkanes of at least 4 members (excludes halogenated alkanes) is 4. The first kappa shape index (κ1) is 22.0. The zero-order chi connectivity index (χ0) is 19.0. The Morgan fingerprint density at radius 3 is 2.42 bits per heavy atom. The highest BCUT2D eigenvalue weighted by Crippen LogP contribution is 2.02. The van der Waals surface area contributed by atoms with Crippen LogP contribution in [0.1, 0.15) is 57.4 Å². The molecule has 0 fully saturated rings. The van der Waals surface area contributed by atoms with Gasteiger partial charge < -0.3 is 15.4 Å². The number of amides is 2. The summed E-state index contributed by atoms with van der Waals surface area (Å²) in [6, 6.07) is 8.78. The van der Waals surface area contributed by atoms with Gasteiger partial charge in [0.05, 0.1) is 6.04 Å². The van der Waals surface area contributed by atoms with Crippen molar-refractivity contribution in [1.82, 2.24) is 16.4 Å². The third kappa shape index (κ3) is 10.7. The molecule has 0 bridgehead atoms. The average Bonchev–Trinajstić information content (AvgIpc) is 2.66. The van der Waals surface area contributed by atoms with Crippen LogP contribution in [0.25, 0.3) is 0 Å². The highest BCUT2D eigenvalue weighted by atomic mass is 16.5. The fraction of sp³-hybridized carbons (Fsp3) is 0.600. The zero-order valence-corrected chi connectivity index (χ0v) is 15.8. The van der Waals surface area contributed by atoms with Crippen molar-refractivity contribution in [2.24, 2.45) is 0 Å². The number of carbonyl (C=O) groups excluding carboxylic acids is 2. The summed E-state index contributed by atoms with van der Waals surface area (Å²) in [5, 5.41) is 5.50. The van der Waals surface area contributed by atoms with Crippen LogP contribution in [0.2, 0.25) is 0 Å². The van der Waals surface area contributed by atoms with E-state index in [9.17, 15) is 9.59 Å². The van der Waals surface area contributed by atoms with Crippen LogP contribution in [-0.2, 0) is 16.1 Å². The topological polar surface area (TPSA) is 91.2 Å². The van der Waals surface area contributed by atoms with Crippen LogP contribution >= 0.6 is 0 Å². The van der Waals surface area contributed by atoms with Crippen molar-refractivity contribution in [2.75, 3.05) is 13.1 Å². The summed E-state index contributed by atoms with van der Waals surface area (Å²) in [5.74, 6) is -0.197. The Bertz CT molecular complexity index is 508. The van der Waals surface area contributed by atoms with Gasteiger partial charge in [0.1, 0.15) is 6.61 Å². The fourth-order valence-corrected chi connectivity index (χ4v) is 2.46. The molecule has 0 aliphatic carbocycles. The van der Waals surface area contributed by atoms with Gasteiger partial charge in [-0.05, 0) is 31.2 Å². The molecular weight excluding hydrogens is 330 g/mol. The fourth-order valence-electron chi connectivity index (χ4n) is 2.46. The van der Waals surface area contributed by atoms with Gasteiger partial charge in [0.15, 0.2) is 0 Å². The summed E-state index contributed by atoms with van der Waals surface area (Å²) >= 11 is 0. The monoisotopic (exact) mass is 362 g/mol. The zero-order valence-electron chi connectivity index (χ0n) is 15.8. The number of hydrogen-bond acceptors (Lipinski definition) is 3. The van der Waals surface area contributed by atoms with Crippen molar-refractivity contribution in [1.29, 1.82) is 0 Å². The molecule has 6 heteroatoms. The van der Waals surface area contributed by atoms with Crippen LogP contribution in [0.5, 0.6) is 0 Å². The molecule has 1 radical (unpaired) electrons. The molecule has 0 aliphatic heterocycles. The van der Waals surface area contributed by atoms with Crippen molar-refractivity contribution in [3.8, 4) is 0 Å². The van der Waals surface area contributed by atoms with Crippen molar-refractivity contribution in [3.63, 3.8) is 0 Å². The van der Waals surface area contributed by atoms with Gasteiger partial charge in [-0.1, -0.05) is 56.5 Å². The first-order valence-electron chi connectivity index (χ1n) is 9.57. The van der Waals surface area contributed by atoms with Crippen molar-refractivity contribution in [2.45, 2.75) is 64.5 Å². The van der Waals surface area contributed by atoms with Crippen LogP contribution < -0.4 is 16.4 Å². The lowest BCUT2D eigenvalue weighted by Gasteiger charge is -2.11. The van der Waals surface area contributed by atoms with Gasteiger partial charge in [0.25, 0.3) is 0 Å². The molecule has 0 aromatic heterocycles. The number of rotatable bonds is 13. The molecule has 3 N–H and O–H groups in total. The van der Waals surface area contributed by atoms with Gasteiger partial charge >= 0.3 is 6.09 Å². The number of alkyl carbamates (subject to hydrolysis) is 1. The molecule has 0 spiro atoms. The summed E-state index contributed by atoms with van der Waals surface area (Å²) in [7, 11) is 0. The smallest absolute Gasteiger partial charge is 0.407 e. The predicted molar refractivity (Wildman–Crippen MR) is 103 cm³/mol. The van der Waals surface area contributed by atoms with Crippen molar-refractivity contribution >= 4 is 12.0 Å². The molecular formula is C20H32N3O3. The SMILES string of the molecule is CCCCCCNC(=O)C([NH])CCCCNC(=O)OCc1ccccc1. The molecule has 1 atom stereocenters. The van der Waals surface area contributed by atoms with Crippen LogP contribution in [-0.4, -0.2) is 31.1 Å². The standard InChI is InChI=1S/C20H32N3O3/c1-2-3-4-9-14-22-19(24)18(21)13-8-10-15-23-20(25)26-16-17-11-6-5-7-12-17/h5-7,11-12,18,21H,2-4,8-10,13-16H2,1H3,(H,22,24)(H,23,25). The maximum Gasteiger partial charge on any atom is 0.407 e. The molecule has 0 saturated heterocycles. The first-order valence-corrected chi connectivity index (χ1v) is 9.57. The summed E-state index contributed by atoms with van der Waals surface area (Å²) in [4.78, 5) is 23.4. The van der Waals surface area contributed by atoms with E-state index in [4.69, 9.17) is 10.5 Å². The molecule has 1 rings (SSSR count). The number of nitrogens with one attached hydrogen (secondary N) is 3. The Hall–Kier alpha value is -2.08. The summed E-state index contributed by atoms with van der Waals surface area (Å²) in [5.41, 5.74) is 8.80. The minimum atomic E-state index is -0.730. The second-order valence-corrected chi connectivity index (χ2v) is 6.39. The van der Waals surface area contributed by atoms with E-state index in [0.29, 0.717) is 19.5 Å². The minimum absolute atomic E-state index is 0.197. The largest absolute Gasteiger partial charge is 0.445 e. The molecule has 26 heavy (non-hydrogen) atoms. The van der Waals surface area contributed by atoms with E-state index in [0.717, 1.165) is 31.2 Å². The third-order valence-corrected chi connectivity index (χ3v) is 4.05.